The lowest BCUT2D eigenvalue weighted by Gasteiger charge is -2.08. The molecule has 3 aromatic rings. The summed E-state index contributed by atoms with van der Waals surface area (Å²) < 4.78 is 5.14. The first-order valence-electron chi connectivity index (χ1n) is 6.04. The summed E-state index contributed by atoms with van der Waals surface area (Å²) in [6.07, 6.45) is 0. The number of benzene rings is 1. The third kappa shape index (κ3) is 2.69. The fourth-order valence-electron chi connectivity index (χ4n) is 1.89. The van der Waals surface area contributed by atoms with Gasteiger partial charge < -0.3 is 10.1 Å². The minimum atomic E-state index is 0.261. The topological polar surface area (TPSA) is 47.0 Å². The summed E-state index contributed by atoms with van der Waals surface area (Å²) in [7, 11) is 1.66. The molecule has 1 N–H and O–H groups in total. The number of hydrogen-bond acceptors (Lipinski definition) is 5. The van der Waals surface area contributed by atoms with Crippen LogP contribution in [0.3, 0.4) is 0 Å². The maximum absolute atomic E-state index is 5.93. The van der Waals surface area contributed by atoms with Crippen LogP contribution in [0, 0.1) is 0 Å². The van der Waals surface area contributed by atoms with Gasteiger partial charge in [-0.2, -0.15) is 0 Å². The molecular weight excluding hydrogens is 294 g/mol. The molecule has 0 saturated heterocycles. The average Bonchev–Trinajstić information content (AvgIpc) is 2.93. The Labute approximate surface area is 125 Å². The summed E-state index contributed by atoms with van der Waals surface area (Å²) in [4.78, 5) is 9.33. The van der Waals surface area contributed by atoms with Crippen LogP contribution in [0.25, 0.3) is 10.2 Å². The number of aromatic nitrogens is 2. The van der Waals surface area contributed by atoms with Gasteiger partial charge in [0.25, 0.3) is 0 Å². The van der Waals surface area contributed by atoms with Gasteiger partial charge in [-0.05, 0) is 40.7 Å². The molecule has 0 fully saturated rings. The van der Waals surface area contributed by atoms with Crippen LogP contribution in [-0.2, 0) is 6.54 Å². The molecule has 0 aliphatic carbocycles. The van der Waals surface area contributed by atoms with Crippen LogP contribution in [0.15, 0.2) is 35.7 Å². The first-order valence-corrected chi connectivity index (χ1v) is 7.29. The molecule has 0 atom stereocenters. The molecule has 4 nitrogen and oxygen atoms in total. The lowest BCUT2D eigenvalue weighted by Crippen LogP contribution is -2.02. The van der Waals surface area contributed by atoms with Crippen molar-refractivity contribution < 1.29 is 4.74 Å². The quantitative estimate of drug-likeness (QED) is 0.741. The maximum atomic E-state index is 5.93. The standard InChI is InChI=1S/C14H12ClN3OS/c1-19-10-4-2-9(3-5-10)8-16-12-11-6-7-20-13(11)18-14(15)17-12/h2-7H,8H2,1H3,(H,16,17,18). The van der Waals surface area contributed by atoms with Crippen LogP contribution in [0.2, 0.25) is 5.28 Å². The number of rotatable bonds is 4. The Balaban J connectivity index is 1.80. The number of halogens is 1. The summed E-state index contributed by atoms with van der Waals surface area (Å²) in [5.74, 6) is 1.61. The lowest BCUT2D eigenvalue weighted by atomic mass is 10.2. The van der Waals surface area contributed by atoms with Gasteiger partial charge in [-0.1, -0.05) is 12.1 Å². The van der Waals surface area contributed by atoms with Crippen molar-refractivity contribution in [3.63, 3.8) is 0 Å². The highest BCUT2D eigenvalue weighted by Crippen LogP contribution is 2.26. The van der Waals surface area contributed by atoms with Crippen molar-refractivity contribution in [3.8, 4) is 5.75 Å². The third-order valence-electron chi connectivity index (χ3n) is 2.92. The molecule has 0 aliphatic rings. The molecular formula is C14H12ClN3OS. The zero-order chi connectivity index (χ0) is 13.9. The van der Waals surface area contributed by atoms with Crippen LogP contribution in [0.5, 0.6) is 5.75 Å². The number of ether oxygens (including phenoxy) is 1. The molecule has 0 saturated carbocycles. The fraction of sp³-hybridized carbons (Fsp3) is 0.143. The first kappa shape index (κ1) is 13.1. The number of methoxy groups -OCH3 is 1. The van der Waals surface area contributed by atoms with Crippen LogP contribution < -0.4 is 10.1 Å². The van der Waals surface area contributed by atoms with Gasteiger partial charge in [0.2, 0.25) is 5.28 Å². The lowest BCUT2D eigenvalue weighted by molar-refractivity contribution is 0.414. The normalized spacial score (nSPS) is 10.7. The number of nitrogens with one attached hydrogen (secondary N) is 1. The summed E-state index contributed by atoms with van der Waals surface area (Å²) in [5, 5.41) is 6.53. The Kier molecular flexibility index (Phi) is 3.71. The third-order valence-corrected chi connectivity index (χ3v) is 3.89. The Morgan fingerprint density at radius 2 is 2.00 bits per heavy atom. The van der Waals surface area contributed by atoms with E-state index in [1.807, 2.05) is 35.7 Å². The predicted octanol–water partition coefficient (Wildman–Crippen LogP) is 3.97. The second kappa shape index (κ2) is 5.64. The van der Waals surface area contributed by atoms with E-state index in [9.17, 15) is 0 Å². The predicted molar refractivity (Wildman–Crippen MR) is 82.7 cm³/mol. The van der Waals surface area contributed by atoms with Crippen molar-refractivity contribution in [1.82, 2.24) is 9.97 Å². The minimum absolute atomic E-state index is 0.261. The molecule has 2 heterocycles. The smallest absolute Gasteiger partial charge is 0.225 e. The van der Waals surface area contributed by atoms with Crippen LogP contribution >= 0.6 is 22.9 Å². The largest absolute Gasteiger partial charge is 0.497 e. The van der Waals surface area contributed by atoms with Gasteiger partial charge in [0.1, 0.15) is 16.4 Å². The van der Waals surface area contributed by atoms with Gasteiger partial charge in [0.05, 0.1) is 12.5 Å². The zero-order valence-corrected chi connectivity index (χ0v) is 12.3. The highest BCUT2D eigenvalue weighted by Gasteiger charge is 2.07. The molecule has 20 heavy (non-hydrogen) atoms. The molecule has 0 radical (unpaired) electrons. The summed E-state index contributed by atoms with van der Waals surface area (Å²) in [5.41, 5.74) is 1.14. The van der Waals surface area contributed by atoms with Crippen LogP contribution in [0.4, 0.5) is 5.82 Å². The van der Waals surface area contributed by atoms with Crippen molar-refractivity contribution in [1.29, 1.82) is 0 Å². The van der Waals surface area contributed by atoms with Crippen molar-refractivity contribution in [2.45, 2.75) is 6.54 Å². The number of nitrogens with zero attached hydrogens (tertiary/aromatic N) is 2. The number of anilines is 1. The van der Waals surface area contributed by atoms with Gasteiger partial charge in [-0.15, -0.1) is 11.3 Å². The molecule has 102 valence electrons. The molecule has 0 bridgehead atoms. The molecule has 0 spiro atoms. The number of fused-ring (bicyclic) bond motifs is 1. The molecule has 1 aromatic carbocycles. The highest BCUT2D eigenvalue weighted by molar-refractivity contribution is 7.16. The van der Waals surface area contributed by atoms with E-state index in [2.05, 4.69) is 15.3 Å². The van der Waals surface area contributed by atoms with E-state index in [0.717, 1.165) is 27.3 Å². The Bertz CT molecular complexity index is 727. The van der Waals surface area contributed by atoms with Crippen molar-refractivity contribution in [2.24, 2.45) is 0 Å². The molecule has 0 amide bonds. The van der Waals surface area contributed by atoms with Crippen LogP contribution in [-0.4, -0.2) is 17.1 Å². The minimum Gasteiger partial charge on any atom is -0.497 e. The summed E-state index contributed by atoms with van der Waals surface area (Å²) >= 11 is 7.48. The van der Waals surface area contributed by atoms with E-state index in [-0.39, 0.29) is 5.28 Å². The van der Waals surface area contributed by atoms with Gasteiger partial charge >= 0.3 is 0 Å². The van der Waals surface area contributed by atoms with E-state index in [1.54, 1.807) is 18.4 Å². The summed E-state index contributed by atoms with van der Waals surface area (Å²) in [6.45, 7) is 0.669. The molecule has 2 aromatic heterocycles. The van der Waals surface area contributed by atoms with Gasteiger partial charge in [0, 0.05) is 6.54 Å². The molecule has 3 rings (SSSR count). The Morgan fingerprint density at radius 3 is 2.75 bits per heavy atom. The van der Waals surface area contributed by atoms with E-state index in [4.69, 9.17) is 16.3 Å². The molecule has 0 unspecified atom stereocenters. The number of thiophene rings is 1. The second-order valence-corrected chi connectivity index (χ2v) is 5.41. The van der Waals surface area contributed by atoms with E-state index in [0.29, 0.717) is 6.54 Å². The maximum Gasteiger partial charge on any atom is 0.225 e. The van der Waals surface area contributed by atoms with Gasteiger partial charge in [-0.25, -0.2) is 9.97 Å². The van der Waals surface area contributed by atoms with Crippen molar-refractivity contribution in [2.75, 3.05) is 12.4 Å². The van der Waals surface area contributed by atoms with Gasteiger partial charge in [-0.3, -0.25) is 0 Å². The Hall–Kier alpha value is -1.85. The van der Waals surface area contributed by atoms with Crippen molar-refractivity contribution in [3.05, 3.63) is 46.6 Å². The molecule has 0 aliphatic heterocycles. The van der Waals surface area contributed by atoms with Crippen molar-refractivity contribution >= 4 is 39.0 Å². The first-order chi connectivity index (χ1) is 9.76. The van der Waals surface area contributed by atoms with Gasteiger partial charge in [0.15, 0.2) is 0 Å². The zero-order valence-electron chi connectivity index (χ0n) is 10.8. The number of hydrogen-bond donors (Lipinski definition) is 1. The summed E-state index contributed by atoms with van der Waals surface area (Å²) in [6, 6.07) is 9.89. The highest BCUT2D eigenvalue weighted by atomic mass is 35.5. The van der Waals surface area contributed by atoms with E-state index >= 15 is 0 Å². The fourth-order valence-corrected chi connectivity index (χ4v) is 2.88. The monoisotopic (exact) mass is 305 g/mol. The Morgan fingerprint density at radius 1 is 1.20 bits per heavy atom. The second-order valence-electron chi connectivity index (χ2n) is 4.18. The van der Waals surface area contributed by atoms with E-state index < -0.39 is 0 Å². The van der Waals surface area contributed by atoms with Crippen LogP contribution in [0.1, 0.15) is 5.56 Å². The van der Waals surface area contributed by atoms with E-state index in [1.165, 1.54) is 0 Å². The molecule has 6 heteroatoms. The average molecular weight is 306 g/mol. The SMILES string of the molecule is COc1ccc(CNc2nc(Cl)nc3sccc23)cc1.